The lowest BCUT2D eigenvalue weighted by atomic mass is 10.2. The van der Waals surface area contributed by atoms with Crippen molar-refractivity contribution >= 4 is 27.3 Å². The summed E-state index contributed by atoms with van der Waals surface area (Å²) in [7, 11) is -3.75. The summed E-state index contributed by atoms with van der Waals surface area (Å²) >= 11 is 0. The topological polar surface area (TPSA) is 75.7 Å². The Kier molecular flexibility index (Phi) is 5.18. The van der Waals surface area contributed by atoms with E-state index in [-0.39, 0.29) is 10.8 Å². The number of amides is 1. The summed E-state index contributed by atoms with van der Waals surface area (Å²) in [5.74, 6) is 0.530. The lowest BCUT2D eigenvalue weighted by molar-refractivity contribution is -0.118. The van der Waals surface area contributed by atoms with Gasteiger partial charge in [0.15, 0.2) is 0 Å². The van der Waals surface area contributed by atoms with Crippen molar-refractivity contribution in [3.8, 4) is 5.75 Å². The van der Waals surface area contributed by atoms with Crippen molar-refractivity contribution in [2.45, 2.75) is 31.6 Å². The van der Waals surface area contributed by atoms with Gasteiger partial charge in [-0.3, -0.25) is 9.52 Å². The molecule has 0 radical (unpaired) electrons. The molecular formula is C19H22N2O4S. The fourth-order valence-corrected chi connectivity index (χ4v) is 4.15. The first kappa shape index (κ1) is 18.3. The lowest BCUT2D eigenvalue weighted by Gasteiger charge is -2.17. The highest BCUT2D eigenvalue weighted by Gasteiger charge is 2.26. The first-order chi connectivity index (χ1) is 12.5. The molecule has 0 fully saturated rings. The maximum absolute atomic E-state index is 12.8. The number of fused-ring (bicyclic) bond motifs is 1. The Labute approximate surface area is 153 Å². The van der Waals surface area contributed by atoms with Crippen LogP contribution in [-0.2, 0) is 21.2 Å². The molecule has 0 bridgehead atoms. The predicted octanol–water partition coefficient (Wildman–Crippen LogP) is 3.19. The Morgan fingerprint density at radius 3 is 2.69 bits per heavy atom. The van der Waals surface area contributed by atoms with Gasteiger partial charge in [-0.25, -0.2) is 8.42 Å². The van der Waals surface area contributed by atoms with Crippen LogP contribution in [0.5, 0.6) is 5.75 Å². The van der Waals surface area contributed by atoms with Crippen molar-refractivity contribution in [2.75, 3.05) is 22.8 Å². The van der Waals surface area contributed by atoms with E-state index in [4.69, 9.17) is 4.74 Å². The number of carbonyl (C=O) groups excluding carboxylic acids is 1. The molecule has 26 heavy (non-hydrogen) atoms. The molecule has 0 spiro atoms. The largest absolute Gasteiger partial charge is 0.492 e. The van der Waals surface area contributed by atoms with Crippen LogP contribution < -0.4 is 14.4 Å². The Bertz CT molecular complexity index is 925. The standard InChI is InChI=1S/C19H22N2O4S/c1-3-19(22)21-12-11-14-13-15(9-10-17(14)21)26(23,24)20-16-7-5-6-8-18(16)25-4-2/h5-10,13,20H,3-4,11-12H2,1-2H3. The third-order valence-corrected chi connectivity index (χ3v) is 5.65. The normalized spacial score (nSPS) is 13.4. The van der Waals surface area contributed by atoms with E-state index in [2.05, 4.69) is 4.72 Å². The van der Waals surface area contributed by atoms with Crippen LogP contribution in [0.4, 0.5) is 11.4 Å². The fourth-order valence-electron chi connectivity index (χ4n) is 3.03. The number of sulfonamides is 1. The third kappa shape index (κ3) is 3.53. The number of ether oxygens (including phenoxy) is 1. The minimum atomic E-state index is -3.75. The maximum atomic E-state index is 12.8. The van der Waals surface area contributed by atoms with E-state index in [1.165, 1.54) is 6.07 Å². The Balaban J connectivity index is 1.89. The second kappa shape index (κ2) is 7.37. The smallest absolute Gasteiger partial charge is 0.262 e. The van der Waals surface area contributed by atoms with Gasteiger partial charge in [0, 0.05) is 18.7 Å². The minimum Gasteiger partial charge on any atom is -0.492 e. The molecule has 1 N–H and O–H groups in total. The second-order valence-corrected chi connectivity index (χ2v) is 7.66. The molecule has 6 nitrogen and oxygen atoms in total. The minimum absolute atomic E-state index is 0.0446. The summed E-state index contributed by atoms with van der Waals surface area (Å²) in [6.07, 6.45) is 1.08. The van der Waals surface area contributed by atoms with Gasteiger partial charge in [0.05, 0.1) is 17.2 Å². The number of benzene rings is 2. The molecule has 3 rings (SSSR count). The lowest BCUT2D eigenvalue weighted by Crippen LogP contribution is -2.27. The van der Waals surface area contributed by atoms with Crippen molar-refractivity contribution in [1.29, 1.82) is 0 Å². The Hall–Kier alpha value is -2.54. The van der Waals surface area contributed by atoms with Gasteiger partial charge in [-0.1, -0.05) is 19.1 Å². The van der Waals surface area contributed by atoms with E-state index in [0.717, 1.165) is 11.3 Å². The van der Waals surface area contributed by atoms with Gasteiger partial charge in [-0.15, -0.1) is 0 Å². The Morgan fingerprint density at radius 2 is 1.96 bits per heavy atom. The molecule has 138 valence electrons. The van der Waals surface area contributed by atoms with E-state index in [0.29, 0.717) is 37.4 Å². The predicted molar refractivity (Wildman–Crippen MR) is 101 cm³/mol. The van der Waals surface area contributed by atoms with Crippen molar-refractivity contribution in [2.24, 2.45) is 0 Å². The van der Waals surface area contributed by atoms with Gasteiger partial charge in [0.2, 0.25) is 5.91 Å². The quantitative estimate of drug-likeness (QED) is 0.843. The van der Waals surface area contributed by atoms with Crippen molar-refractivity contribution < 1.29 is 17.9 Å². The molecule has 1 aliphatic heterocycles. The van der Waals surface area contributed by atoms with Crippen LogP contribution in [0.25, 0.3) is 0 Å². The molecule has 0 saturated heterocycles. The average molecular weight is 374 g/mol. The first-order valence-electron chi connectivity index (χ1n) is 8.64. The first-order valence-corrected chi connectivity index (χ1v) is 10.1. The monoisotopic (exact) mass is 374 g/mol. The van der Waals surface area contributed by atoms with E-state index in [1.807, 2.05) is 13.8 Å². The van der Waals surface area contributed by atoms with Crippen LogP contribution in [-0.4, -0.2) is 27.5 Å². The summed E-state index contributed by atoms with van der Waals surface area (Å²) in [5.41, 5.74) is 2.07. The third-order valence-electron chi connectivity index (χ3n) is 4.29. The molecule has 1 heterocycles. The number of nitrogens with zero attached hydrogens (tertiary/aromatic N) is 1. The van der Waals surface area contributed by atoms with E-state index in [9.17, 15) is 13.2 Å². The summed E-state index contributed by atoms with van der Waals surface area (Å²) in [4.78, 5) is 13.9. The number of nitrogens with one attached hydrogen (secondary N) is 1. The van der Waals surface area contributed by atoms with Crippen molar-refractivity contribution in [3.63, 3.8) is 0 Å². The summed E-state index contributed by atoms with van der Waals surface area (Å²) in [6.45, 7) is 4.69. The van der Waals surface area contributed by atoms with Crippen LogP contribution in [0.15, 0.2) is 47.4 Å². The van der Waals surface area contributed by atoms with Gasteiger partial charge >= 0.3 is 0 Å². The second-order valence-electron chi connectivity index (χ2n) is 5.97. The van der Waals surface area contributed by atoms with Crippen LogP contribution in [0, 0.1) is 0 Å². The van der Waals surface area contributed by atoms with Gasteiger partial charge in [-0.2, -0.15) is 0 Å². The summed E-state index contributed by atoms with van der Waals surface area (Å²) in [5, 5.41) is 0. The Morgan fingerprint density at radius 1 is 1.19 bits per heavy atom. The number of carbonyl (C=O) groups is 1. The van der Waals surface area contributed by atoms with Crippen molar-refractivity contribution in [1.82, 2.24) is 0 Å². The molecule has 0 unspecified atom stereocenters. The molecule has 7 heteroatoms. The van der Waals surface area contributed by atoms with Crippen LogP contribution in [0.3, 0.4) is 0 Å². The number of anilines is 2. The molecule has 0 aliphatic carbocycles. The number of rotatable bonds is 6. The van der Waals surface area contributed by atoms with E-state index < -0.39 is 10.0 Å². The number of hydrogen-bond acceptors (Lipinski definition) is 4. The fraction of sp³-hybridized carbons (Fsp3) is 0.316. The SMILES string of the molecule is CCOc1ccccc1NS(=O)(=O)c1ccc2c(c1)CCN2C(=O)CC. The van der Waals surface area contributed by atoms with Gasteiger partial charge in [0.25, 0.3) is 10.0 Å². The maximum Gasteiger partial charge on any atom is 0.262 e. The molecule has 2 aromatic carbocycles. The van der Waals surface area contributed by atoms with Crippen LogP contribution >= 0.6 is 0 Å². The molecule has 1 amide bonds. The summed E-state index contributed by atoms with van der Waals surface area (Å²) < 4.78 is 33.6. The zero-order valence-corrected chi connectivity index (χ0v) is 15.7. The zero-order chi connectivity index (χ0) is 18.7. The molecule has 2 aromatic rings. The number of para-hydroxylation sites is 2. The van der Waals surface area contributed by atoms with Gasteiger partial charge < -0.3 is 9.64 Å². The van der Waals surface area contributed by atoms with Gasteiger partial charge in [-0.05, 0) is 49.2 Å². The number of hydrogen-bond donors (Lipinski definition) is 1. The molecule has 0 saturated carbocycles. The van der Waals surface area contributed by atoms with Crippen LogP contribution in [0.1, 0.15) is 25.8 Å². The highest BCUT2D eigenvalue weighted by molar-refractivity contribution is 7.92. The van der Waals surface area contributed by atoms with E-state index >= 15 is 0 Å². The van der Waals surface area contributed by atoms with E-state index in [1.54, 1.807) is 41.3 Å². The van der Waals surface area contributed by atoms with Crippen molar-refractivity contribution in [3.05, 3.63) is 48.0 Å². The highest BCUT2D eigenvalue weighted by atomic mass is 32.2. The molecule has 0 aromatic heterocycles. The van der Waals surface area contributed by atoms with Gasteiger partial charge in [0.1, 0.15) is 5.75 Å². The highest BCUT2D eigenvalue weighted by Crippen LogP contribution is 2.32. The summed E-state index contributed by atoms with van der Waals surface area (Å²) in [6, 6.07) is 11.8. The molecule has 1 aliphatic rings. The average Bonchev–Trinajstić information content (AvgIpc) is 3.06. The molecule has 0 atom stereocenters. The molecular weight excluding hydrogens is 352 g/mol. The van der Waals surface area contributed by atoms with Crippen LogP contribution in [0.2, 0.25) is 0 Å². The zero-order valence-electron chi connectivity index (χ0n) is 14.9.